The summed E-state index contributed by atoms with van der Waals surface area (Å²) in [7, 11) is -9.84. The van der Waals surface area contributed by atoms with E-state index in [1.807, 2.05) is 34.2 Å². The molecule has 0 atom stereocenters. The van der Waals surface area contributed by atoms with Gasteiger partial charge in [-0.2, -0.15) is 0 Å². The third-order valence-corrected chi connectivity index (χ3v) is 11.6. The van der Waals surface area contributed by atoms with Gasteiger partial charge in [-0.3, -0.25) is 4.70 Å². The van der Waals surface area contributed by atoms with E-state index in [4.69, 9.17) is 74.8 Å². The molecule has 0 radical (unpaired) electrons. The molecule has 0 saturated heterocycles. The van der Waals surface area contributed by atoms with Crippen molar-refractivity contribution in [2.75, 3.05) is 82.8 Å². The Hall–Kier alpha value is 0.428. The van der Waals surface area contributed by atoms with Gasteiger partial charge in [-0.1, -0.05) is 14.9 Å². The smallest absolute Gasteiger partial charge is 0.416 e. The van der Waals surface area contributed by atoms with Crippen molar-refractivity contribution in [3.63, 3.8) is 0 Å². The zero-order chi connectivity index (χ0) is 40.3. The summed E-state index contributed by atoms with van der Waals surface area (Å²) in [6, 6.07) is 0. The molecule has 344 valence electrons. The summed E-state index contributed by atoms with van der Waals surface area (Å²) < 4.78 is 76.5. The van der Waals surface area contributed by atoms with Gasteiger partial charge in [0, 0.05) is 89.4 Å². The number of aliphatic hydroxyl groups is 2. The quantitative estimate of drug-likeness (QED) is 0.0525. The molecule has 0 aliphatic heterocycles. The minimum absolute atomic E-state index is 0. The van der Waals surface area contributed by atoms with Gasteiger partial charge in [0.15, 0.2) is 0 Å². The van der Waals surface area contributed by atoms with Gasteiger partial charge in [0.1, 0.15) is 0 Å². The van der Waals surface area contributed by atoms with E-state index in [0.29, 0.717) is 26.4 Å². The summed E-state index contributed by atoms with van der Waals surface area (Å²) in [4.78, 5) is 53.2. The van der Waals surface area contributed by atoms with E-state index in [0.717, 1.165) is 7.11 Å². The molecule has 0 aromatic heterocycles. The van der Waals surface area contributed by atoms with E-state index < -0.39 is 65.4 Å². The van der Waals surface area contributed by atoms with Crippen LogP contribution in [0.3, 0.4) is 0 Å². The summed E-state index contributed by atoms with van der Waals surface area (Å²) in [5.74, 6) is 0. The standard InChI is InChI=1S/C8H20O4Si.C4H12O3Si.C3H9FO3Si.C2H6O.CH6O2Si.CH4O.2CH4.FH5O4Si2.FH.H4O2Si.2H2O/c1-5-9-13(10-6-2,11-7-3)12-8-4;2*1-5-8(4,6-2)7-3;1-2-3;1-4(2)3;1-2;;;1-7(3,4)5-6-2;;1-3-2;;/h5-8H2,1-4H3;1-4H3;1-3H3;3H,2H2,1H3;2-4H,1H3;2H,1H3;2*1H4;2-4H,6H2;1H;1-2H,3H2;2*1H2. The van der Waals surface area contributed by atoms with E-state index in [2.05, 4.69) is 17.4 Å². The molecular formula is C21H79F3O22Si7. The predicted octanol–water partition coefficient (Wildman–Crippen LogP) is -4.05. The van der Waals surface area contributed by atoms with Crippen LogP contribution in [0, 0.1) is 0 Å². The SMILES string of the molecule is C.C.CCO.CCO[Si](OCC)(OCC)OCC.CO.CO[Si](C)(OC)OC.CO[Si](F)(OC)OC.C[SiH](O)O.F.O.O.O[SiH2]O.O[SiH2]O[Si](O)(O)F. The lowest BCUT2D eigenvalue weighted by atomic mass is 10.9. The normalized spacial score (nSPS) is 9.85. The summed E-state index contributed by atoms with van der Waals surface area (Å²) in [6.07, 6.45) is 0. The summed E-state index contributed by atoms with van der Waals surface area (Å²) in [5, 5.41) is 14.6. The first-order valence-corrected chi connectivity index (χ1v) is 25.6. The summed E-state index contributed by atoms with van der Waals surface area (Å²) >= 11 is 0. The van der Waals surface area contributed by atoms with Crippen LogP contribution in [0.5, 0.6) is 0 Å². The number of rotatable bonds is 16. The maximum absolute atomic E-state index is 12.5. The number of halogens is 3. The fraction of sp³-hybridized carbons (Fsp3) is 1.00. The van der Waals surface area contributed by atoms with Crippen LogP contribution in [-0.4, -0.2) is 203 Å². The van der Waals surface area contributed by atoms with Crippen molar-refractivity contribution < 1.29 is 116 Å². The second-order valence-electron chi connectivity index (χ2n) is 6.69. The fourth-order valence-corrected chi connectivity index (χ4v) is 5.11. The van der Waals surface area contributed by atoms with Crippen LogP contribution in [0.1, 0.15) is 49.5 Å². The van der Waals surface area contributed by atoms with Crippen LogP contribution >= 0.6 is 0 Å². The molecule has 0 aliphatic carbocycles. The molecular weight excluding hydrogens is 858 g/mol. The van der Waals surface area contributed by atoms with Crippen LogP contribution in [0.25, 0.3) is 0 Å². The van der Waals surface area contributed by atoms with E-state index >= 15 is 0 Å². The zero-order valence-electron chi connectivity index (χ0n) is 32.2. The molecule has 0 amide bonds. The Bertz CT molecular complexity index is 489. The first-order valence-electron chi connectivity index (χ1n) is 13.8. The maximum Gasteiger partial charge on any atom is 0.719 e. The van der Waals surface area contributed by atoms with Crippen LogP contribution in [0.15, 0.2) is 0 Å². The van der Waals surface area contributed by atoms with Crippen molar-refractivity contribution in [3.05, 3.63) is 0 Å². The van der Waals surface area contributed by atoms with Crippen LogP contribution in [-0.2, 0) is 48.4 Å². The van der Waals surface area contributed by atoms with Gasteiger partial charge in [-0.15, -0.1) is 0 Å². The fourth-order valence-electron chi connectivity index (χ4n) is 1.54. The average molecular weight is 937 g/mol. The molecule has 0 spiro atoms. The molecule has 0 aliphatic rings. The molecule has 53 heavy (non-hydrogen) atoms. The van der Waals surface area contributed by atoms with Crippen LogP contribution in [0.2, 0.25) is 13.1 Å². The Morgan fingerprint density at radius 3 is 0.849 bits per heavy atom. The van der Waals surface area contributed by atoms with E-state index in [-0.39, 0.29) is 37.1 Å². The first-order chi connectivity index (χ1) is 22.2. The van der Waals surface area contributed by atoms with Gasteiger partial charge in [0.25, 0.3) is 20.0 Å². The van der Waals surface area contributed by atoms with Gasteiger partial charge < -0.3 is 103 Å². The van der Waals surface area contributed by atoms with Gasteiger partial charge in [-0.05, 0) is 41.2 Å². The molecule has 0 saturated carbocycles. The van der Waals surface area contributed by atoms with Gasteiger partial charge >= 0.3 is 45.4 Å². The second kappa shape index (κ2) is 67.2. The highest BCUT2D eigenvalue weighted by molar-refractivity contribution is 6.59. The Labute approximate surface area is 326 Å². The predicted molar refractivity (Wildman–Crippen MR) is 210 cm³/mol. The third-order valence-electron chi connectivity index (χ3n) is 3.38. The van der Waals surface area contributed by atoms with Crippen molar-refractivity contribution >= 4 is 65.4 Å². The largest absolute Gasteiger partial charge is 0.719 e. The van der Waals surface area contributed by atoms with E-state index in [9.17, 15) is 8.22 Å². The average Bonchev–Trinajstić information content (AvgIpc) is 3.03. The minimum Gasteiger partial charge on any atom is -0.416 e. The van der Waals surface area contributed by atoms with Crippen LogP contribution in [0.4, 0.5) is 12.9 Å². The molecule has 13 N–H and O–H groups in total. The molecule has 0 aromatic carbocycles. The van der Waals surface area contributed by atoms with Crippen molar-refractivity contribution in [2.45, 2.75) is 62.6 Å². The molecule has 22 nitrogen and oxygen atoms in total. The number of hydrogen-bond acceptors (Lipinski definition) is 20. The molecule has 0 unspecified atom stereocenters. The highest BCUT2D eigenvalue weighted by atomic mass is 28.5. The lowest BCUT2D eigenvalue weighted by molar-refractivity contribution is -0.0247. The van der Waals surface area contributed by atoms with Crippen molar-refractivity contribution in [1.29, 1.82) is 0 Å². The summed E-state index contributed by atoms with van der Waals surface area (Å²) in [5.41, 5.74) is 0. The summed E-state index contributed by atoms with van der Waals surface area (Å²) in [6.45, 7) is 15.0. The molecule has 0 aromatic rings. The molecule has 0 bridgehead atoms. The van der Waals surface area contributed by atoms with Crippen molar-refractivity contribution in [3.8, 4) is 0 Å². The molecule has 32 heteroatoms. The topological polar surface area (TPSA) is 347 Å². The third kappa shape index (κ3) is 90.3. The second-order valence-corrected chi connectivity index (χ2v) is 18.0. The van der Waals surface area contributed by atoms with Crippen LogP contribution < -0.4 is 0 Å². The van der Waals surface area contributed by atoms with E-state index in [1.54, 1.807) is 28.3 Å². The zero-order valence-corrected chi connectivity index (χ0v) is 40.2. The number of hydrogen-bond donors (Lipinski definition) is 9. The Morgan fingerprint density at radius 2 is 0.811 bits per heavy atom. The van der Waals surface area contributed by atoms with Crippen molar-refractivity contribution in [2.24, 2.45) is 0 Å². The minimum atomic E-state index is -4.85. The van der Waals surface area contributed by atoms with Crippen molar-refractivity contribution in [1.82, 2.24) is 0 Å². The maximum atomic E-state index is 12.5. The van der Waals surface area contributed by atoms with Gasteiger partial charge in [0.2, 0.25) is 0 Å². The first kappa shape index (κ1) is 89.9. The lowest BCUT2D eigenvalue weighted by Crippen LogP contribution is -2.49. The molecule has 0 fully saturated rings. The Balaban J connectivity index is -0.0000000328. The van der Waals surface area contributed by atoms with E-state index in [1.165, 1.54) is 27.9 Å². The highest BCUT2D eigenvalue weighted by Crippen LogP contribution is 2.11. The highest BCUT2D eigenvalue weighted by Gasteiger charge is 2.44. The molecule has 0 rings (SSSR count). The van der Waals surface area contributed by atoms with Gasteiger partial charge in [0.05, 0.1) is 0 Å². The molecule has 0 heterocycles. The van der Waals surface area contributed by atoms with Gasteiger partial charge in [-0.25, -0.2) is 8.22 Å². The lowest BCUT2D eigenvalue weighted by Gasteiger charge is -2.26. The Morgan fingerprint density at radius 1 is 0.623 bits per heavy atom. The number of aliphatic hydroxyl groups excluding tert-OH is 2. The monoisotopic (exact) mass is 936 g/mol. The Kier molecular flexibility index (Phi) is 114.